The van der Waals surface area contributed by atoms with E-state index < -0.39 is 0 Å². The Balaban J connectivity index is 1.87. The Morgan fingerprint density at radius 3 is 1.80 bits per heavy atom. The van der Waals surface area contributed by atoms with Crippen molar-refractivity contribution in [3.63, 3.8) is 0 Å². The van der Waals surface area contributed by atoms with Crippen molar-refractivity contribution in [2.75, 3.05) is 13.2 Å². The van der Waals surface area contributed by atoms with Gasteiger partial charge in [-0.1, -0.05) is 12.2 Å². The molecule has 2 rings (SSSR count). The lowest BCUT2D eigenvalue weighted by molar-refractivity contribution is 0.00598. The fourth-order valence-electron chi connectivity index (χ4n) is 3.44. The van der Waals surface area contributed by atoms with Crippen LogP contribution in [0.1, 0.15) is 25.7 Å². The molecule has 1 nitrogen and oxygen atoms in total. The summed E-state index contributed by atoms with van der Waals surface area (Å²) in [5, 5.41) is 0. The van der Waals surface area contributed by atoms with Crippen molar-refractivity contribution in [2.24, 2.45) is 23.7 Å². The van der Waals surface area contributed by atoms with Crippen LogP contribution >= 0.6 is 0 Å². The quantitative estimate of drug-likeness (QED) is 0.605. The lowest BCUT2D eigenvalue weighted by Gasteiger charge is -2.48. The summed E-state index contributed by atoms with van der Waals surface area (Å²) in [6, 6.07) is 0. The highest BCUT2D eigenvalue weighted by molar-refractivity contribution is 5.00. The molecule has 0 N–H and O–H groups in total. The normalized spacial score (nSPS) is 38.1. The average Bonchev–Trinajstić information content (AvgIpc) is 2.64. The molecule has 15 heavy (non-hydrogen) atoms. The molecule has 1 saturated carbocycles. The van der Waals surface area contributed by atoms with Crippen molar-refractivity contribution in [3.8, 4) is 0 Å². The van der Waals surface area contributed by atoms with Crippen LogP contribution in [0.15, 0.2) is 25.3 Å². The van der Waals surface area contributed by atoms with Gasteiger partial charge in [-0.05, 0) is 49.4 Å². The SMILES string of the molecule is C=CCC[C@@H]1[C@H](CCC=C)[C@H]2COC[C@@H]12. The monoisotopic (exact) mass is 206 g/mol. The first-order chi connectivity index (χ1) is 7.38. The van der Waals surface area contributed by atoms with Gasteiger partial charge in [0, 0.05) is 0 Å². The van der Waals surface area contributed by atoms with Crippen LogP contribution in [0, 0.1) is 23.7 Å². The molecule has 4 atom stereocenters. The van der Waals surface area contributed by atoms with E-state index in [0.717, 1.165) is 36.9 Å². The zero-order valence-electron chi connectivity index (χ0n) is 9.53. The summed E-state index contributed by atoms with van der Waals surface area (Å²) >= 11 is 0. The van der Waals surface area contributed by atoms with Gasteiger partial charge in [0.05, 0.1) is 13.2 Å². The molecule has 0 bridgehead atoms. The minimum absolute atomic E-state index is 0.861. The molecule has 1 aliphatic heterocycles. The molecule has 0 aromatic heterocycles. The maximum atomic E-state index is 5.60. The Morgan fingerprint density at radius 1 is 0.933 bits per heavy atom. The third-order valence-corrected chi connectivity index (χ3v) is 4.23. The Morgan fingerprint density at radius 2 is 1.40 bits per heavy atom. The number of ether oxygens (including phenoxy) is 1. The third kappa shape index (κ3) is 2.03. The first-order valence-corrected chi connectivity index (χ1v) is 6.18. The Kier molecular flexibility index (Phi) is 3.63. The smallest absolute Gasteiger partial charge is 0.0500 e. The van der Waals surface area contributed by atoms with Crippen LogP contribution in [0.25, 0.3) is 0 Å². The number of hydrogen-bond acceptors (Lipinski definition) is 1. The molecule has 1 heterocycles. The van der Waals surface area contributed by atoms with Crippen molar-refractivity contribution < 1.29 is 4.74 Å². The molecule has 0 amide bonds. The molecule has 0 spiro atoms. The van der Waals surface area contributed by atoms with E-state index in [9.17, 15) is 0 Å². The topological polar surface area (TPSA) is 9.23 Å². The number of allylic oxidation sites excluding steroid dienone is 2. The first-order valence-electron chi connectivity index (χ1n) is 6.18. The third-order valence-electron chi connectivity index (χ3n) is 4.23. The molecule has 0 aromatic carbocycles. The highest BCUT2D eigenvalue weighted by atomic mass is 16.5. The predicted molar refractivity (Wildman–Crippen MR) is 63.6 cm³/mol. The van der Waals surface area contributed by atoms with Gasteiger partial charge >= 0.3 is 0 Å². The first kappa shape index (κ1) is 10.9. The molecule has 84 valence electrons. The Hall–Kier alpha value is -0.560. The summed E-state index contributed by atoms with van der Waals surface area (Å²) in [6.07, 6.45) is 9.06. The van der Waals surface area contributed by atoms with Crippen LogP contribution in [-0.4, -0.2) is 13.2 Å². The van der Waals surface area contributed by atoms with Crippen molar-refractivity contribution in [3.05, 3.63) is 25.3 Å². The van der Waals surface area contributed by atoms with E-state index in [1.165, 1.54) is 25.7 Å². The lowest BCUT2D eigenvalue weighted by Crippen LogP contribution is -2.45. The van der Waals surface area contributed by atoms with Gasteiger partial charge < -0.3 is 4.74 Å². The molecule has 0 aromatic rings. The van der Waals surface area contributed by atoms with Crippen molar-refractivity contribution in [1.82, 2.24) is 0 Å². The van der Waals surface area contributed by atoms with Crippen molar-refractivity contribution >= 4 is 0 Å². The Bertz CT molecular complexity index is 209. The molecule has 0 radical (unpaired) electrons. The van der Waals surface area contributed by atoms with Crippen LogP contribution in [0.5, 0.6) is 0 Å². The standard InChI is InChI=1S/C14H22O/c1-3-5-7-11-12(8-6-4-2)14-10-15-9-13(11)14/h3-4,11-14H,1-2,5-10H2/t11-,12+,13+,14-. The average molecular weight is 206 g/mol. The predicted octanol–water partition coefficient (Wildman–Crippen LogP) is 3.43. The van der Waals surface area contributed by atoms with E-state index in [1.54, 1.807) is 0 Å². The molecule has 1 saturated heterocycles. The second-order valence-electron chi connectivity index (χ2n) is 4.92. The fourth-order valence-corrected chi connectivity index (χ4v) is 3.44. The molecule has 0 unspecified atom stereocenters. The molecule has 1 aliphatic carbocycles. The van der Waals surface area contributed by atoms with Crippen LogP contribution in [0.2, 0.25) is 0 Å². The van der Waals surface area contributed by atoms with Gasteiger partial charge in [0.15, 0.2) is 0 Å². The van der Waals surface area contributed by atoms with Crippen LogP contribution < -0.4 is 0 Å². The van der Waals surface area contributed by atoms with Gasteiger partial charge in [0.25, 0.3) is 0 Å². The highest BCUT2D eigenvalue weighted by Gasteiger charge is 2.51. The minimum Gasteiger partial charge on any atom is -0.381 e. The van der Waals surface area contributed by atoms with Gasteiger partial charge in [-0.15, -0.1) is 13.2 Å². The van der Waals surface area contributed by atoms with Crippen molar-refractivity contribution in [1.29, 1.82) is 0 Å². The second-order valence-corrected chi connectivity index (χ2v) is 4.92. The zero-order valence-corrected chi connectivity index (χ0v) is 9.53. The molecular formula is C14H22O. The molecule has 2 fully saturated rings. The van der Waals surface area contributed by atoms with Crippen molar-refractivity contribution in [2.45, 2.75) is 25.7 Å². The second kappa shape index (κ2) is 4.98. The fraction of sp³-hybridized carbons (Fsp3) is 0.714. The van der Waals surface area contributed by atoms with E-state index >= 15 is 0 Å². The van der Waals surface area contributed by atoms with E-state index in [0.29, 0.717) is 0 Å². The molecule has 1 heteroatoms. The van der Waals surface area contributed by atoms with Gasteiger partial charge in [-0.2, -0.15) is 0 Å². The summed E-state index contributed by atoms with van der Waals surface area (Å²) in [4.78, 5) is 0. The van der Waals surface area contributed by atoms with Crippen LogP contribution in [0.4, 0.5) is 0 Å². The van der Waals surface area contributed by atoms with Gasteiger partial charge in [0.2, 0.25) is 0 Å². The van der Waals surface area contributed by atoms with Gasteiger partial charge in [-0.3, -0.25) is 0 Å². The van der Waals surface area contributed by atoms with E-state index in [4.69, 9.17) is 4.74 Å². The van der Waals surface area contributed by atoms with Crippen LogP contribution in [-0.2, 0) is 4.74 Å². The minimum atomic E-state index is 0.861. The number of fused-ring (bicyclic) bond motifs is 1. The van der Waals surface area contributed by atoms with Gasteiger partial charge in [-0.25, -0.2) is 0 Å². The highest BCUT2D eigenvalue weighted by Crippen LogP contribution is 2.53. The maximum absolute atomic E-state index is 5.60. The van der Waals surface area contributed by atoms with E-state index in [1.807, 2.05) is 12.2 Å². The molecular weight excluding hydrogens is 184 g/mol. The summed E-state index contributed by atoms with van der Waals surface area (Å²) < 4.78 is 5.60. The van der Waals surface area contributed by atoms with Gasteiger partial charge in [0.1, 0.15) is 0 Å². The van der Waals surface area contributed by atoms with E-state index in [2.05, 4.69) is 13.2 Å². The number of rotatable bonds is 6. The van der Waals surface area contributed by atoms with E-state index in [-0.39, 0.29) is 0 Å². The summed E-state index contributed by atoms with van der Waals surface area (Å²) in [6.45, 7) is 9.65. The number of hydrogen-bond donors (Lipinski definition) is 0. The Labute approximate surface area is 93.2 Å². The largest absolute Gasteiger partial charge is 0.381 e. The zero-order chi connectivity index (χ0) is 10.7. The summed E-state index contributed by atoms with van der Waals surface area (Å²) in [5.41, 5.74) is 0. The summed E-state index contributed by atoms with van der Waals surface area (Å²) in [7, 11) is 0. The lowest BCUT2D eigenvalue weighted by atomic mass is 9.55. The van der Waals surface area contributed by atoms with Crippen LogP contribution in [0.3, 0.4) is 0 Å². The maximum Gasteiger partial charge on any atom is 0.0500 e. The molecule has 2 aliphatic rings. The summed E-state index contributed by atoms with van der Waals surface area (Å²) in [5.74, 6) is 3.52.